The van der Waals surface area contributed by atoms with Crippen LogP contribution < -0.4 is 14.8 Å². The number of nitrogens with one attached hydrogen (secondary N) is 1. The van der Waals surface area contributed by atoms with Crippen LogP contribution in [0.3, 0.4) is 0 Å². The largest absolute Gasteiger partial charge is 0.586 e. The summed E-state index contributed by atoms with van der Waals surface area (Å²) in [6.07, 6.45) is 0.469. The Hall–Kier alpha value is -2.45. The number of nitrogens with zero attached hydrogens (tertiary/aromatic N) is 2. The van der Waals surface area contributed by atoms with Gasteiger partial charge in [0.05, 0.1) is 11.7 Å². The van der Waals surface area contributed by atoms with E-state index in [1.54, 1.807) is 17.2 Å². The highest BCUT2D eigenvalue weighted by Gasteiger charge is 2.50. The zero-order valence-corrected chi connectivity index (χ0v) is 16.5. The molecule has 0 aliphatic carbocycles. The van der Waals surface area contributed by atoms with Gasteiger partial charge in [0.25, 0.3) is 0 Å². The van der Waals surface area contributed by atoms with Gasteiger partial charge in [0.15, 0.2) is 11.5 Å². The van der Waals surface area contributed by atoms with Crippen molar-refractivity contribution in [2.24, 2.45) is 0 Å². The summed E-state index contributed by atoms with van der Waals surface area (Å²) in [7, 11) is 1.83. The van der Waals surface area contributed by atoms with Crippen LogP contribution in [0.5, 0.6) is 11.5 Å². The maximum atomic E-state index is 13.3. The Labute approximate surface area is 172 Å². The zero-order chi connectivity index (χ0) is 19.5. The summed E-state index contributed by atoms with van der Waals surface area (Å²) in [6.45, 7) is 0.758. The van der Waals surface area contributed by atoms with E-state index in [-0.39, 0.29) is 35.9 Å². The van der Waals surface area contributed by atoms with Crippen LogP contribution in [-0.2, 0) is 4.79 Å². The molecule has 1 N–H and O–H groups in total. The second-order valence-corrected chi connectivity index (χ2v) is 7.59. The number of pyridine rings is 1. The molecule has 0 saturated carbocycles. The lowest BCUT2D eigenvalue weighted by Gasteiger charge is -2.23. The van der Waals surface area contributed by atoms with Crippen molar-refractivity contribution >= 4 is 18.3 Å². The summed E-state index contributed by atoms with van der Waals surface area (Å²) in [5.74, 6) is 0.174. The number of carbonyl (C=O) groups is 1. The van der Waals surface area contributed by atoms with Crippen LogP contribution in [0.1, 0.15) is 31.0 Å². The zero-order valence-electron chi connectivity index (χ0n) is 15.7. The van der Waals surface area contributed by atoms with Crippen LogP contribution in [0.25, 0.3) is 11.1 Å². The topological polar surface area (TPSA) is 63.7 Å². The summed E-state index contributed by atoms with van der Waals surface area (Å²) in [5, 5.41) is 3.50. The Morgan fingerprint density at radius 2 is 1.90 bits per heavy atom. The molecule has 29 heavy (non-hydrogen) atoms. The first kappa shape index (κ1) is 19.8. The molecule has 154 valence electrons. The van der Waals surface area contributed by atoms with E-state index in [2.05, 4.69) is 19.8 Å². The normalized spacial score (nSPS) is 26.8. The molecular weight excluding hydrogens is 404 g/mol. The van der Waals surface area contributed by atoms with Crippen LogP contribution in [-0.4, -0.2) is 41.2 Å². The Morgan fingerprint density at radius 1 is 1.14 bits per heavy atom. The summed E-state index contributed by atoms with van der Waals surface area (Å²) < 4.78 is 35.5. The molecule has 3 aliphatic rings. The van der Waals surface area contributed by atoms with E-state index in [4.69, 9.17) is 0 Å². The lowest BCUT2D eigenvalue weighted by atomic mass is 9.96. The third kappa shape index (κ3) is 3.30. The SMILES string of the molecule is CN1CC[C@@]2(CC[C@H](c3cc(-c4ccc5c(c4)OC(F)(F)O5)ccn3)N2)C1=O.Cl. The molecule has 2 fully saturated rings. The van der Waals surface area contributed by atoms with Crippen molar-refractivity contribution in [1.29, 1.82) is 0 Å². The highest BCUT2D eigenvalue weighted by molar-refractivity contribution is 5.88. The number of ether oxygens (including phenoxy) is 2. The number of benzene rings is 1. The predicted octanol–water partition coefficient (Wildman–Crippen LogP) is 3.52. The van der Waals surface area contributed by atoms with E-state index in [0.717, 1.165) is 42.6 Å². The van der Waals surface area contributed by atoms with E-state index < -0.39 is 11.8 Å². The first-order valence-electron chi connectivity index (χ1n) is 9.25. The Morgan fingerprint density at radius 3 is 2.66 bits per heavy atom. The van der Waals surface area contributed by atoms with Crippen LogP contribution in [0.15, 0.2) is 36.5 Å². The van der Waals surface area contributed by atoms with Crippen LogP contribution in [0.4, 0.5) is 8.78 Å². The standard InChI is InChI=1S/C20H19F2N3O3.ClH/c1-25-9-7-19(18(25)26)6-4-14(24-19)15-10-13(5-8-23-15)12-2-3-16-17(11-12)28-20(21,22)27-16;/h2-3,5,8,10-11,14,24H,4,6-7,9H2,1H3;1H/t14-,19+;/m1./s1. The van der Waals surface area contributed by atoms with Crippen LogP contribution in [0, 0.1) is 0 Å². The summed E-state index contributed by atoms with van der Waals surface area (Å²) in [4.78, 5) is 18.8. The summed E-state index contributed by atoms with van der Waals surface area (Å²) >= 11 is 0. The van der Waals surface area contributed by atoms with Gasteiger partial charge in [-0.3, -0.25) is 15.1 Å². The maximum absolute atomic E-state index is 13.3. The Bertz CT molecular complexity index is 974. The van der Waals surface area contributed by atoms with E-state index >= 15 is 0 Å². The van der Waals surface area contributed by atoms with Crippen molar-refractivity contribution in [2.45, 2.75) is 37.1 Å². The molecule has 1 aromatic carbocycles. The molecule has 1 amide bonds. The molecule has 5 rings (SSSR count). The average molecular weight is 424 g/mol. The molecule has 2 aromatic rings. The van der Waals surface area contributed by atoms with Crippen molar-refractivity contribution in [3.63, 3.8) is 0 Å². The number of rotatable bonds is 2. The summed E-state index contributed by atoms with van der Waals surface area (Å²) in [5.41, 5.74) is 1.92. The minimum Gasteiger partial charge on any atom is -0.395 e. The number of amides is 1. The Balaban J connectivity index is 0.00000205. The molecule has 0 bridgehead atoms. The second-order valence-electron chi connectivity index (χ2n) is 7.59. The molecule has 0 radical (unpaired) electrons. The maximum Gasteiger partial charge on any atom is 0.586 e. The van der Waals surface area contributed by atoms with Gasteiger partial charge < -0.3 is 14.4 Å². The fourth-order valence-electron chi connectivity index (χ4n) is 4.34. The van der Waals surface area contributed by atoms with Crippen molar-refractivity contribution in [1.82, 2.24) is 15.2 Å². The number of halogens is 3. The molecule has 0 unspecified atom stereocenters. The lowest BCUT2D eigenvalue weighted by Crippen LogP contribution is -2.47. The molecule has 9 heteroatoms. The highest BCUT2D eigenvalue weighted by atomic mass is 35.5. The minimum absolute atomic E-state index is 0. The van der Waals surface area contributed by atoms with Crippen LogP contribution in [0.2, 0.25) is 0 Å². The third-order valence-electron chi connectivity index (χ3n) is 5.81. The second kappa shape index (κ2) is 6.81. The number of hydrogen-bond donors (Lipinski definition) is 1. The number of fused-ring (bicyclic) bond motifs is 1. The van der Waals surface area contributed by atoms with Gasteiger partial charge in [0, 0.05) is 19.8 Å². The highest BCUT2D eigenvalue weighted by Crippen LogP contribution is 2.43. The number of likely N-dealkylation sites (tertiary alicyclic amines) is 1. The number of alkyl halides is 2. The molecule has 2 saturated heterocycles. The summed E-state index contributed by atoms with van der Waals surface area (Å²) in [6, 6.07) is 8.44. The van der Waals surface area contributed by atoms with E-state index in [0.29, 0.717) is 0 Å². The van der Waals surface area contributed by atoms with Gasteiger partial charge in [-0.2, -0.15) is 0 Å². The van der Waals surface area contributed by atoms with Gasteiger partial charge in [0.1, 0.15) is 5.54 Å². The molecular formula is C20H20ClF2N3O3. The van der Waals surface area contributed by atoms with E-state index in [1.807, 2.05) is 19.2 Å². The first-order chi connectivity index (χ1) is 13.4. The van der Waals surface area contributed by atoms with Gasteiger partial charge in [-0.1, -0.05) is 6.07 Å². The quantitative estimate of drug-likeness (QED) is 0.800. The molecule has 3 aliphatic heterocycles. The van der Waals surface area contributed by atoms with Gasteiger partial charge in [-0.15, -0.1) is 21.2 Å². The smallest absolute Gasteiger partial charge is 0.395 e. The molecule has 4 heterocycles. The minimum atomic E-state index is -3.63. The Kier molecular flexibility index (Phi) is 4.66. The van der Waals surface area contributed by atoms with Gasteiger partial charge in [0.2, 0.25) is 5.91 Å². The van der Waals surface area contributed by atoms with Crippen LogP contribution >= 0.6 is 12.4 Å². The third-order valence-corrected chi connectivity index (χ3v) is 5.81. The monoisotopic (exact) mass is 423 g/mol. The fraction of sp³-hybridized carbons (Fsp3) is 0.400. The van der Waals surface area contributed by atoms with Crippen molar-refractivity contribution in [3.05, 3.63) is 42.2 Å². The fourth-order valence-corrected chi connectivity index (χ4v) is 4.34. The molecule has 2 atom stereocenters. The molecule has 1 aromatic heterocycles. The molecule has 1 spiro atoms. The average Bonchev–Trinajstić information content (AvgIpc) is 3.32. The van der Waals surface area contributed by atoms with E-state index in [1.165, 1.54) is 12.1 Å². The van der Waals surface area contributed by atoms with Crippen molar-refractivity contribution in [2.75, 3.05) is 13.6 Å². The van der Waals surface area contributed by atoms with Gasteiger partial charge in [-0.25, -0.2) is 0 Å². The molecule has 6 nitrogen and oxygen atoms in total. The van der Waals surface area contributed by atoms with Gasteiger partial charge in [-0.05, 0) is 54.7 Å². The lowest BCUT2D eigenvalue weighted by molar-refractivity contribution is -0.286. The first-order valence-corrected chi connectivity index (χ1v) is 9.25. The van der Waals surface area contributed by atoms with Gasteiger partial charge >= 0.3 is 6.29 Å². The number of carbonyl (C=O) groups excluding carboxylic acids is 1. The van der Waals surface area contributed by atoms with Crippen molar-refractivity contribution in [3.8, 4) is 22.6 Å². The number of hydrogen-bond acceptors (Lipinski definition) is 5. The van der Waals surface area contributed by atoms with Crippen molar-refractivity contribution < 1.29 is 23.0 Å². The predicted molar refractivity (Wildman–Crippen MR) is 103 cm³/mol. The number of aromatic nitrogens is 1. The number of likely N-dealkylation sites (N-methyl/N-ethyl adjacent to an activating group) is 1. The van der Waals surface area contributed by atoms with E-state index in [9.17, 15) is 13.6 Å².